The van der Waals surface area contributed by atoms with Crippen LogP contribution in [0.1, 0.15) is 5.69 Å². The largest absolute Gasteiger partial charge is 0.480 e. The molecule has 11 heteroatoms. The Labute approximate surface area is 198 Å². The molecule has 0 radical (unpaired) electrons. The zero-order valence-electron chi connectivity index (χ0n) is 17.1. The van der Waals surface area contributed by atoms with E-state index < -0.39 is 34.5 Å². The van der Waals surface area contributed by atoms with E-state index in [1.54, 1.807) is 18.2 Å². The van der Waals surface area contributed by atoms with Crippen LogP contribution >= 0.6 is 22.9 Å². The molecule has 4 aromatic rings. The van der Waals surface area contributed by atoms with Crippen molar-refractivity contribution in [3.05, 3.63) is 65.3 Å². The molecule has 1 unspecified atom stereocenters. The van der Waals surface area contributed by atoms with Gasteiger partial charge in [0.15, 0.2) is 0 Å². The molecule has 1 saturated heterocycles. The van der Waals surface area contributed by atoms with Gasteiger partial charge in [-0.1, -0.05) is 35.9 Å². The lowest BCUT2D eigenvalue weighted by Gasteiger charge is -2.37. The number of hydrogen-bond acceptors (Lipinski definition) is 5. The highest BCUT2D eigenvalue weighted by Crippen LogP contribution is 2.34. The summed E-state index contributed by atoms with van der Waals surface area (Å²) >= 11 is 7.00. The molecule has 1 atom stereocenters. The molecule has 2 aromatic carbocycles. The fraction of sp³-hybridized carbons (Fsp3) is 0.182. The number of amides is 1. The minimum Gasteiger partial charge on any atom is -0.480 e. The van der Waals surface area contributed by atoms with Gasteiger partial charge >= 0.3 is 5.97 Å². The van der Waals surface area contributed by atoms with Crippen LogP contribution in [0.15, 0.2) is 58.8 Å². The highest BCUT2D eigenvalue weighted by atomic mass is 35.5. The number of aromatic amines is 1. The number of aromatic nitrogens is 1. The predicted molar refractivity (Wildman–Crippen MR) is 126 cm³/mol. The molecule has 2 N–H and O–H groups in total. The maximum atomic E-state index is 13.3. The summed E-state index contributed by atoms with van der Waals surface area (Å²) in [7, 11) is -4.21. The van der Waals surface area contributed by atoms with Gasteiger partial charge in [0.1, 0.15) is 10.3 Å². The molecule has 3 heterocycles. The number of sulfonamides is 1. The van der Waals surface area contributed by atoms with Crippen molar-refractivity contribution >= 4 is 65.8 Å². The summed E-state index contributed by atoms with van der Waals surface area (Å²) in [5.74, 6) is -1.77. The Hall–Kier alpha value is -2.92. The SMILES string of the molecule is O=C(O)C1CN(Cc2cc3ccccc3[nH]2)C(=O)CN1S(=O)(=O)c1cc2ccc(Cl)cc2s1. The van der Waals surface area contributed by atoms with Gasteiger partial charge in [-0.3, -0.25) is 9.59 Å². The lowest BCUT2D eigenvalue weighted by Crippen LogP contribution is -2.60. The number of carbonyl (C=O) groups is 2. The second kappa shape index (κ2) is 8.14. The number of para-hydroxylation sites is 1. The predicted octanol–water partition coefficient (Wildman–Crippen LogP) is 3.52. The number of thiophene rings is 1. The van der Waals surface area contributed by atoms with Crippen LogP contribution in [-0.2, 0) is 26.2 Å². The van der Waals surface area contributed by atoms with Crippen molar-refractivity contribution < 1.29 is 23.1 Å². The molecular formula is C22H18ClN3O5S2. The van der Waals surface area contributed by atoms with E-state index in [-0.39, 0.29) is 17.3 Å². The summed E-state index contributed by atoms with van der Waals surface area (Å²) < 4.78 is 28.1. The van der Waals surface area contributed by atoms with Crippen LogP contribution in [0.5, 0.6) is 0 Å². The number of nitrogens with zero attached hydrogens (tertiary/aromatic N) is 2. The highest BCUT2D eigenvalue weighted by Gasteiger charge is 2.44. The zero-order valence-corrected chi connectivity index (χ0v) is 19.5. The molecule has 1 amide bonds. The molecule has 0 spiro atoms. The first-order chi connectivity index (χ1) is 15.7. The summed E-state index contributed by atoms with van der Waals surface area (Å²) in [4.78, 5) is 29.5. The van der Waals surface area contributed by atoms with Gasteiger partial charge in [0.2, 0.25) is 5.91 Å². The van der Waals surface area contributed by atoms with Crippen LogP contribution in [0.2, 0.25) is 5.02 Å². The maximum Gasteiger partial charge on any atom is 0.323 e. The molecule has 0 saturated carbocycles. The Balaban J connectivity index is 1.43. The summed E-state index contributed by atoms with van der Waals surface area (Å²) in [5, 5.41) is 11.9. The quantitative estimate of drug-likeness (QED) is 0.433. The highest BCUT2D eigenvalue weighted by molar-refractivity contribution is 7.91. The van der Waals surface area contributed by atoms with E-state index in [1.165, 1.54) is 11.0 Å². The molecule has 170 valence electrons. The summed E-state index contributed by atoms with van der Waals surface area (Å²) in [5.41, 5.74) is 1.65. The third-order valence-electron chi connectivity index (χ3n) is 5.64. The van der Waals surface area contributed by atoms with E-state index >= 15 is 0 Å². The average molecular weight is 504 g/mol. The van der Waals surface area contributed by atoms with E-state index in [0.29, 0.717) is 15.1 Å². The number of fused-ring (bicyclic) bond motifs is 2. The van der Waals surface area contributed by atoms with Crippen molar-refractivity contribution in [1.82, 2.24) is 14.2 Å². The summed E-state index contributed by atoms with van der Waals surface area (Å²) in [6, 6.07) is 14.6. The molecule has 33 heavy (non-hydrogen) atoms. The smallest absolute Gasteiger partial charge is 0.323 e. The lowest BCUT2D eigenvalue weighted by molar-refractivity contribution is -0.148. The van der Waals surface area contributed by atoms with E-state index in [4.69, 9.17) is 11.6 Å². The van der Waals surface area contributed by atoms with Crippen molar-refractivity contribution in [2.24, 2.45) is 0 Å². The minimum absolute atomic E-state index is 0.0251. The van der Waals surface area contributed by atoms with E-state index in [1.807, 2.05) is 30.3 Å². The van der Waals surface area contributed by atoms with Crippen molar-refractivity contribution in [3.8, 4) is 0 Å². The summed E-state index contributed by atoms with van der Waals surface area (Å²) in [6.07, 6.45) is 0. The first-order valence-electron chi connectivity index (χ1n) is 10.0. The Bertz CT molecular complexity index is 1480. The van der Waals surface area contributed by atoms with Gasteiger partial charge in [-0.15, -0.1) is 11.3 Å². The number of rotatable bonds is 5. The Kier molecular flexibility index (Phi) is 5.40. The zero-order chi connectivity index (χ0) is 23.3. The maximum absolute atomic E-state index is 13.3. The van der Waals surface area contributed by atoms with Crippen molar-refractivity contribution in [2.75, 3.05) is 13.1 Å². The van der Waals surface area contributed by atoms with Crippen molar-refractivity contribution in [3.63, 3.8) is 0 Å². The number of halogens is 1. The van der Waals surface area contributed by atoms with Gasteiger partial charge in [-0.05, 0) is 41.1 Å². The first kappa shape index (κ1) is 21.9. The molecule has 8 nitrogen and oxygen atoms in total. The number of piperazine rings is 1. The number of H-pyrrole nitrogens is 1. The standard InChI is InChI=1S/C22H18ClN3O5S2/c23-15-6-5-14-8-21(32-19(14)9-15)33(30,31)26-12-20(27)25(11-18(26)22(28)29)10-16-7-13-3-1-2-4-17(13)24-16/h1-9,18,24H,10-12H2,(H,28,29). The van der Waals surface area contributed by atoms with Crippen molar-refractivity contribution in [2.45, 2.75) is 16.8 Å². The molecular weight excluding hydrogens is 486 g/mol. The van der Waals surface area contributed by atoms with Gasteiger partial charge in [0.25, 0.3) is 10.0 Å². The molecule has 1 aliphatic rings. The third kappa shape index (κ3) is 3.99. The minimum atomic E-state index is -4.21. The Morgan fingerprint density at radius 3 is 2.70 bits per heavy atom. The van der Waals surface area contributed by atoms with Gasteiger partial charge in [0, 0.05) is 27.5 Å². The number of nitrogens with one attached hydrogen (secondary N) is 1. The second-order valence-corrected chi connectivity index (χ2v) is 11.4. The Morgan fingerprint density at radius 2 is 1.94 bits per heavy atom. The number of hydrogen-bond donors (Lipinski definition) is 2. The third-order valence-corrected chi connectivity index (χ3v) is 9.28. The van der Waals surface area contributed by atoms with Crippen LogP contribution < -0.4 is 0 Å². The molecule has 2 aromatic heterocycles. The fourth-order valence-corrected chi connectivity index (χ4v) is 7.33. The molecule has 1 aliphatic heterocycles. The fourth-order valence-electron chi connectivity index (χ4n) is 4.00. The summed E-state index contributed by atoms with van der Waals surface area (Å²) in [6.45, 7) is -0.638. The van der Waals surface area contributed by atoms with Gasteiger partial charge < -0.3 is 15.0 Å². The molecule has 5 rings (SSSR count). The molecule has 0 aliphatic carbocycles. The van der Waals surface area contributed by atoms with Crippen LogP contribution in [0.25, 0.3) is 21.0 Å². The van der Waals surface area contributed by atoms with Crippen LogP contribution in [0.4, 0.5) is 0 Å². The van der Waals surface area contributed by atoms with Crippen LogP contribution in [0.3, 0.4) is 0 Å². The average Bonchev–Trinajstić information content (AvgIpc) is 3.38. The van der Waals surface area contributed by atoms with Gasteiger partial charge in [-0.2, -0.15) is 4.31 Å². The van der Waals surface area contributed by atoms with Crippen LogP contribution in [0, 0.1) is 0 Å². The van der Waals surface area contributed by atoms with E-state index in [9.17, 15) is 23.1 Å². The van der Waals surface area contributed by atoms with Gasteiger partial charge in [0.05, 0.1) is 13.1 Å². The van der Waals surface area contributed by atoms with E-state index in [0.717, 1.165) is 32.2 Å². The number of aliphatic carboxylic acids is 1. The number of benzene rings is 2. The normalized spacial score (nSPS) is 17.8. The lowest BCUT2D eigenvalue weighted by atomic mass is 10.2. The number of carbonyl (C=O) groups excluding carboxylic acids is 1. The molecule has 0 bridgehead atoms. The van der Waals surface area contributed by atoms with E-state index in [2.05, 4.69) is 4.98 Å². The van der Waals surface area contributed by atoms with Gasteiger partial charge in [-0.25, -0.2) is 8.42 Å². The van der Waals surface area contributed by atoms with Crippen molar-refractivity contribution in [1.29, 1.82) is 0 Å². The van der Waals surface area contributed by atoms with Crippen LogP contribution in [-0.4, -0.2) is 58.7 Å². The number of carboxylic acid groups (broad SMARTS) is 1. The topological polar surface area (TPSA) is 111 Å². The second-order valence-electron chi connectivity index (χ2n) is 7.81. The number of carboxylic acids is 1. The Morgan fingerprint density at radius 1 is 1.15 bits per heavy atom. The molecule has 1 fully saturated rings. The first-order valence-corrected chi connectivity index (χ1v) is 12.6. The monoisotopic (exact) mass is 503 g/mol.